The molecule has 0 spiro atoms. The van der Waals surface area contributed by atoms with Gasteiger partial charge in [-0.25, -0.2) is 4.98 Å². The van der Waals surface area contributed by atoms with Crippen molar-refractivity contribution in [1.29, 1.82) is 0 Å². The maximum atomic E-state index is 14.0. The summed E-state index contributed by atoms with van der Waals surface area (Å²) in [5.74, 6) is -6.48. The zero-order valence-electron chi connectivity index (χ0n) is 15.0. The lowest BCUT2D eigenvalue weighted by molar-refractivity contribution is -0.330. The fourth-order valence-electron chi connectivity index (χ4n) is 2.59. The van der Waals surface area contributed by atoms with Gasteiger partial charge in [-0.1, -0.05) is 24.3 Å². The second-order valence-corrected chi connectivity index (χ2v) is 7.26. The maximum absolute atomic E-state index is 14.0. The average Bonchev–Trinajstić information content (AvgIpc) is 2.98. The van der Waals surface area contributed by atoms with Gasteiger partial charge in [-0.05, 0) is 41.6 Å². The van der Waals surface area contributed by atoms with Crippen LogP contribution in [0.15, 0.2) is 53.7 Å². The number of halogens is 9. The average molecular weight is 474 g/mol. The van der Waals surface area contributed by atoms with Gasteiger partial charge in [-0.3, -0.25) is 0 Å². The topological polar surface area (TPSA) is 27.1 Å². The first-order valence-electron chi connectivity index (χ1n) is 8.32. The Morgan fingerprint density at radius 3 is 2.10 bits per heavy atom. The van der Waals surface area contributed by atoms with E-state index < -0.39 is 40.9 Å². The minimum Gasteiger partial charge on any atom is -0.435 e. The van der Waals surface area contributed by atoms with Crippen LogP contribution in [0.1, 0.15) is 5.56 Å². The molecule has 0 unspecified atom stereocenters. The molecule has 0 fully saturated rings. The van der Waals surface area contributed by atoms with Crippen LogP contribution in [0.25, 0.3) is 11.0 Å². The number of aromatic nitrogens is 2. The van der Waals surface area contributed by atoms with Crippen LogP contribution in [0.3, 0.4) is 0 Å². The van der Waals surface area contributed by atoms with Crippen LogP contribution in [0.5, 0.6) is 5.75 Å². The van der Waals surface area contributed by atoms with Crippen molar-refractivity contribution in [2.45, 2.75) is 35.7 Å². The molecule has 0 aliphatic carbocycles. The largest absolute Gasteiger partial charge is 0.460 e. The molecule has 3 aromatic rings. The Morgan fingerprint density at radius 2 is 1.52 bits per heavy atom. The predicted molar refractivity (Wildman–Crippen MR) is 93.7 cm³/mol. The van der Waals surface area contributed by atoms with Crippen molar-refractivity contribution in [2.24, 2.45) is 0 Å². The van der Waals surface area contributed by atoms with Gasteiger partial charge in [0.2, 0.25) is 0 Å². The highest BCUT2D eigenvalue weighted by atomic mass is 32.2. The summed E-state index contributed by atoms with van der Waals surface area (Å²) in [6.07, 6.45) is -6.47. The highest BCUT2D eigenvalue weighted by Crippen LogP contribution is 2.53. The van der Waals surface area contributed by atoms with E-state index in [-0.39, 0.29) is 23.3 Å². The van der Waals surface area contributed by atoms with Crippen LogP contribution >= 0.6 is 11.8 Å². The minimum atomic E-state index is -6.47. The Hall–Kier alpha value is -2.57. The van der Waals surface area contributed by atoms with Gasteiger partial charge < -0.3 is 9.30 Å². The zero-order valence-corrected chi connectivity index (χ0v) is 15.8. The first kappa shape index (κ1) is 23.1. The Morgan fingerprint density at radius 1 is 0.903 bits per heavy atom. The lowest BCUT2D eigenvalue weighted by Gasteiger charge is -2.27. The number of nitrogens with zero attached hydrogens (tertiary/aromatic N) is 2. The number of imidazole rings is 1. The van der Waals surface area contributed by atoms with E-state index in [1.54, 1.807) is 0 Å². The summed E-state index contributed by atoms with van der Waals surface area (Å²) >= 11 is -1.01. The standard InChI is InChI=1S/C18H11F9N2OS/c19-14(20)30-11-7-5-10(6-8-11)9-29-13-4-2-1-3-12(13)28-15(29)31-18(26,27)16(21,22)17(23,24)25/h1-8,14H,9H2. The van der Waals surface area contributed by atoms with Crippen molar-refractivity contribution in [2.75, 3.05) is 0 Å². The van der Waals surface area contributed by atoms with Gasteiger partial charge in [-0.2, -0.15) is 39.5 Å². The van der Waals surface area contributed by atoms with Crippen LogP contribution in [0.4, 0.5) is 39.5 Å². The van der Waals surface area contributed by atoms with Crippen molar-refractivity contribution in [1.82, 2.24) is 9.55 Å². The fraction of sp³-hybridized carbons (Fsp3) is 0.278. The summed E-state index contributed by atoms with van der Waals surface area (Å²) in [5, 5.41) is -6.32. The van der Waals surface area contributed by atoms with E-state index in [4.69, 9.17) is 0 Å². The summed E-state index contributed by atoms with van der Waals surface area (Å²) in [6.45, 7) is -3.32. The normalized spacial score (nSPS) is 13.2. The Bertz CT molecular complexity index is 1050. The first-order valence-corrected chi connectivity index (χ1v) is 9.14. The van der Waals surface area contributed by atoms with E-state index in [1.807, 2.05) is 0 Å². The quantitative estimate of drug-likeness (QED) is 0.286. The molecule has 3 nitrogen and oxygen atoms in total. The molecule has 1 heterocycles. The molecule has 3 rings (SSSR count). The predicted octanol–water partition coefficient (Wildman–Crippen LogP) is 6.57. The van der Waals surface area contributed by atoms with Crippen LogP contribution in [-0.4, -0.2) is 33.5 Å². The van der Waals surface area contributed by atoms with Gasteiger partial charge >= 0.3 is 24.0 Å². The number of alkyl halides is 9. The highest BCUT2D eigenvalue weighted by molar-refractivity contribution is 8.00. The number of fused-ring (bicyclic) bond motifs is 1. The molecule has 0 atom stereocenters. The second kappa shape index (κ2) is 8.17. The number of hydrogen-bond donors (Lipinski definition) is 0. The molecule has 13 heteroatoms. The zero-order chi connectivity index (χ0) is 23.0. The molecule has 0 saturated carbocycles. The third-order valence-corrected chi connectivity index (χ3v) is 5.06. The van der Waals surface area contributed by atoms with Crippen molar-refractivity contribution in [3.8, 4) is 5.75 Å². The van der Waals surface area contributed by atoms with Crippen molar-refractivity contribution < 1.29 is 44.3 Å². The smallest absolute Gasteiger partial charge is 0.435 e. The Kier molecular flexibility index (Phi) is 6.09. The van der Waals surface area contributed by atoms with Crippen molar-refractivity contribution >= 4 is 22.8 Å². The first-order chi connectivity index (χ1) is 14.3. The van der Waals surface area contributed by atoms with Gasteiger partial charge in [0, 0.05) is 0 Å². The molecule has 0 saturated heterocycles. The summed E-state index contributed by atoms with van der Waals surface area (Å²) in [6, 6.07) is 10.7. The highest BCUT2D eigenvalue weighted by Gasteiger charge is 2.74. The third-order valence-electron chi connectivity index (χ3n) is 4.05. The van der Waals surface area contributed by atoms with Crippen LogP contribution in [0, 0.1) is 0 Å². The second-order valence-electron chi connectivity index (χ2n) is 6.18. The van der Waals surface area contributed by atoms with E-state index in [9.17, 15) is 39.5 Å². The molecular formula is C18H11F9N2OS. The molecule has 0 amide bonds. The molecule has 0 N–H and O–H groups in total. The van der Waals surface area contributed by atoms with E-state index in [0.29, 0.717) is 5.56 Å². The summed E-state index contributed by atoms with van der Waals surface area (Å²) in [5.41, 5.74) is 0.635. The molecule has 2 aromatic carbocycles. The molecule has 0 radical (unpaired) electrons. The monoisotopic (exact) mass is 474 g/mol. The van der Waals surface area contributed by atoms with Crippen LogP contribution < -0.4 is 4.74 Å². The molecule has 0 bridgehead atoms. The fourth-order valence-corrected chi connectivity index (χ4v) is 3.48. The van der Waals surface area contributed by atoms with E-state index in [0.717, 1.165) is 4.57 Å². The number of rotatable bonds is 7. The van der Waals surface area contributed by atoms with Gasteiger partial charge in [0.15, 0.2) is 5.16 Å². The Balaban J connectivity index is 1.97. The van der Waals surface area contributed by atoms with E-state index in [1.165, 1.54) is 48.5 Å². The summed E-state index contributed by atoms with van der Waals surface area (Å²) in [7, 11) is 0. The molecule has 0 aliphatic rings. The molecule has 0 aliphatic heterocycles. The number of ether oxygens (including phenoxy) is 1. The van der Waals surface area contributed by atoms with E-state index >= 15 is 0 Å². The van der Waals surface area contributed by atoms with Crippen LogP contribution in [-0.2, 0) is 6.54 Å². The van der Waals surface area contributed by atoms with Gasteiger partial charge in [0.25, 0.3) is 0 Å². The molecule has 1 aromatic heterocycles. The third kappa shape index (κ3) is 4.70. The molecule has 31 heavy (non-hydrogen) atoms. The minimum absolute atomic E-state index is 0.0915. The number of benzene rings is 2. The lowest BCUT2D eigenvalue weighted by Crippen LogP contribution is -2.50. The number of thioether (sulfide) groups is 1. The SMILES string of the molecule is FC(F)Oc1ccc(Cn2c(SC(F)(F)C(F)(F)C(F)(F)F)nc3ccccc32)cc1. The lowest BCUT2D eigenvalue weighted by atomic mass is 10.2. The maximum Gasteiger partial charge on any atom is 0.460 e. The number of para-hydroxylation sites is 2. The van der Waals surface area contributed by atoms with Gasteiger partial charge in [0.1, 0.15) is 5.75 Å². The summed E-state index contributed by atoms with van der Waals surface area (Å²) in [4.78, 5) is 3.77. The van der Waals surface area contributed by atoms with Gasteiger partial charge in [-0.15, -0.1) is 0 Å². The van der Waals surface area contributed by atoms with Crippen LogP contribution in [0.2, 0.25) is 0 Å². The Labute approximate surface area is 172 Å². The number of hydrogen-bond acceptors (Lipinski definition) is 3. The van der Waals surface area contributed by atoms with Crippen molar-refractivity contribution in [3.63, 3.8) is 0 Å². The summed E-state index contributed by atoms with van der Waals surface area (Å²) < 4.78 is 122. The molecule has 168 valence electrons. The molecular weight excluding hydrogens is 463 g/mol. The van der Waals surface area contributed by atoms with E-state index in [2.05, 4.69) is 9.72 Å². The van der Waals surface area contributed by atoms with Crippen molar-refractivity contribution in [3.05, 3.63) is 54.1 Å². The van der Waals surface area contributed by atoms with Gasteiger partial charge in [0.05, 0.1) is 17.6 Å².